The summed E-state index contributed by atoms with van der Waals surface area (Å²) >= 11 is 11.6. The number of halogens is 2. The average molecular weight is 352 g/mol. The molecule has 0 atom stereocenters. The fourth-order valence-corrected chi connectivity index (χ4v) is 2.66. The lowest BCUT2D eigenvalue weighted by Gasteiger charge is -2.08. The summed E-state index contributed by atoms with van der Waals surface area (Å²) in [6.45, 7) is 3.48. The van der Waals surface area contributed by atoms with E-state index in [2.05, 4.69) is 5.32 Å². The van der Waals surface area contributed by atoms with Crippen LogP contribution in [-0.2, 0) is 9.53 Å². The molecule has 2 rings (SSSR count). The number of hydrogen-bond donors (Lipinski definition) is 1. The maximum Gasteiger partial charge on any atom is 0.338 e. The van der Waals surface area contributed by atoms with Gasteiger partial charge in [0.1, 0.15) is 0 Å². The molecule has 0 spiro atoms. The first-order chi connectivity index (χ1) is 10.8. The first-order valence-electron chi connectivity index (χ1n) is 6.85. The van der Waals surface area contributed by atoms with Crippen LogP contribution in [-0.4, -0.2) is 18.5 Å². The van der Waals surface area contributed by atoms with E-state index >= 15 is 0 Å². The van der Waals surface area contributed by atoms with E-state index in [-0.39, 0.29) is 5.56 Å². The highest BCUT2D eigenvalue weighted by molar-refractivity contribution is 6.35. The number of rotatable bonds is 4. The number of ether oxygens (including phenoxy) is 1. The Balaban J connectivity index is 1.94. The first-order valence-corrected chi connectivity index (χ1v) is 7.60. The van der Waals surface area contributed by atoms with Crippen LogP contribution in [0.15, 0.2) is 36.4 Å². The highest BCUT2D eigenvalue weighted by atomic mass is 35.5. The summed E-state index contributed by atoms with van der Waals surface area (Å²) < 4.78 is 4.96. The SMILES string of the molecule is Cc1cc(C)cc(NC(=O)COC(=O)c2cc(Cl)cc(Cl)c2)c1. The minimum absolute atomic E-state index is 0.196. The van der Waals surface area contributed by atoms with Crippen LogP contribution in [0.25, 0.3) is 0 Å². The molecule has 0 saturated carbocycles. The van der Waals surface area contributed by atoms with Crippen molar-refractivity contribution < 1.29 is 14.3 Å². The van der Waals surface area contributed by atoms with E-state index in [1.54, 1.807) is 0 Å². The van der Waals surface area contributed by atoms with E-state index in [9.17, 15) is 9.59 Å². The van der Waals surface area contributed by atoms with Crippen molar-refractivity contribution in [3.05, 3.63) is 63.1 Å². The van der Waals surface area contributed by atoms with Crippen LogP contribution in [0, 0.1) is 13.8 Å². The van der Waals surface area contributed by atoms with Crippen molar-refractivity contribution in [1.29, 1.82) is 0 Å². The summed E-state index contributed by atoms with van der Waals surface area (Å²) in [5.74, 6) is -1.08. The fraction of sp³-hybridized carbons (Fsp3) is 0.176. The Morgan fingerprint density at radius 2 is 1.52 bits per heavy atom. The number of anilines is 1. The zero-order valence-corrected chi connectivity index (χ0v) is 14.2. The number of carbonyl (C=O) groups is 2. The monoisotopic (exact) mass is 351 g/mol. The molecule has 120 valence electrons. The van der Waals surface area contributed by atoms with Gasteiger partial charge >= 0.3 is 5.97 Å². The molecule has 0 radical (unpaired) electrons. The predicted molar refractivity (Wildman–Crippen MR) is 91.3 cm³/mol. The van der Waals surface area contributed by atoms with E-state index in [0.717, 1.165) is 11.1 Å². The Morgan fingerprint density at radius 3 is 2.09 bits per heavy atom. The molecule has 0 aliphatic heterocycles. The zero-order chi connectivity index (χ0) is 17.0. The maximum absolute atomic E-state index is 11.9. The molecule has 4 nitrogen and oxygen atoms in total. The van der Waals surface area contributed by atoms with Gasteiger partial charge in [-0.15, -0.1) is 0 Å². The smallest absolute Gasteiger partial charge is 0.338 e. The van der Waals surface area contributed by atoms with Gasteiger partial charge in [0, 0.05) is 15.7 Å². The topological polar surface area (TPSA) is 55.4 Å². The van der Waals surface area contributed by atoms with Crippen molar-refractivity contribution in [2.45, 2.75) is 13.8 Å². The van der Waals surface area contributed by atoms with Crippen LogP contribution in [0.4, 0.5) is 5.69 Å². The molecule has 1 amide bonds. The summed E-state index contributed by atoms with van der Waals surface area (Å²) in [6, 6.07) is 10.0. The molecule has 0 heterocycles. The molecule has 1 N–H and O–H groups in total. The van der Waals surface area contributed by atoms with E-state index in [0.29, 0.717) is 15.7 Å². The van der Waals surface area contributed by atoms with Gasteiger partial charge in [-0.3, -0.25) is 4.79 Å². The highest BCUT2D eigenvalue weighted by Gasteiger charge is 2.12. The molecule has 6 heteroatoms. The molecule has 0 saturated heterocycles. The van der Waals surface area contributed by atoms with Gasteiger partial charge in [0.15, 0.2) is 6.61 Å². The van der Waals surface area contributed by atoms with Crippen LogP contribution in [0.3, 0.4) is 0 Å². The lowest BCUT2D eigenvalue weighted by atomic mass is 10.1. The molecule has 0 bridgehead atoms. The number of aryl methyl sites for hydroxylation is 2. The third-order valence-corrected chi connectivity index (χ3v) is 3.37. The predicted octanol–water partition coefficient (Wildman–Crippen LogP) is 4.41. The van der Waals surface area contributed by atoms with Crippen LogP contribution >= 0.6 is 23.2 Å². The molecule has 0 aromatic heterocycles. The van der Waals surface area contributed by atoms with Crippen molar-refractivity contribution in [1.82, 2.24) is 0 Å². The average Bonchev–Trinajstić information content (AvgIpc) is 2.42. The molecule has 2 aromatic carbocycles. The number of amides is 1. The molecule has 0 aliphatic carbocycles. The normalized spacial score (nSPS) is 10.3. The Kier molecular flexibility index (Phi) is 5.64. The van der Waals surface area contributed by atoms with Crippen LogP contribution < -0.4 is 5.32 Å². The Hall–Kier alpha value is -2.04. The number of nitrogens with one attached hydrogen (secondary N) is 1. The van der Waals surface area contributed by atoms with Crippen molar-refractivity contribution in [3.63, 3.8) is 0 Å². The number of carbonyl (C=O) groups excluding carboxylic acids is 2. The summed E-state index contributed by atoms with van der Waals surface area (Å²) in [5.41, 5.74) is 2.92. The Morgan fingerprint density at radius 1 is 0.957 bits per heavy atom. The largest absolute Gasteiger partial charge is 0.452 e. The van der Waals surface area contributed by atoms with Crippen molar-refractivity contribution in [2.75, 3.05) is 11.9 Å². The van der Waals surface area contributed by atoms with Crippen LogP contribution in [0.5, 0.6) is 0 Å². The minimum atomic E-state index is -0.662. The Labute approximate surface area is 144 Å². The zero-order valence-electron chi connectivity index (χ0n) is 12.7. The van der Waals surface area contributed by atoms with Crippen LogP contribution in [0.2, 0.25) is 10.0 Å². The first kappa shape index (κ1) is 17.3. The third-order valence-electron chi connectivity index (χ3n) is 2.94. The third kappa shape index (κ3) is 5.27. The summed E-state index contributed by atoms with van der Waals surface area (Å²) in [4.78, 5) is 23.8. The van der Waals surface area contributed by atoms with Crippen LogP contribution in [0.1, 0.15) is 21.5 Å². The van der Waals surface area contributed by atoms with Gasteiger partial charge in [0.25, 0.3) is 5.91 Å². The summed E-state index contributed by atoms with van der Waals surface area (Å²) in [6.07, 6.45) is 0. The van der Waals surface area contributed by atoms with Gasteiger partial charge in [-0.2, -0.15) is 0 Å². The standard InChI is InChI=1S/C17H15Cl2NO3/c1-10-3-11(2)5-15(4-10)20-16(21)9-23-17(22)12-6-13(18)8-14(19)7-12/h3-8H,9H2,1-2H3,(H,20,21). The molecule has 0 unspecified atom stereocenters. The van der Waals surface area contributed by atoms with Crippen molar-refractivity contribution >= 4 is 40.8 Å². The summed E-state index contributed by atoms with van der Waals surface area (Å²) in [7, 11) is 0. The minimum Gasteiger partial charge on any atom is -0.452 e. The van der Waals surface area contributed by atoms with E-state index < -0.39 is 18.5 Å². The second-order valence-electron chi connectivity index (χ2n) is 5.16. The molecule has 23 heavy (non-hydrogen) atoms. The van der Waals surface area contributed by atoms with Crippen molar-refractivity contribution in [2.24, 2.45) is 0 Å². The van der Waals surface area contributed by atoms with Gasteiger partial charge < -0.3 is 10.1 Å². The van der Waals surface area contributed by atoms with Gasteiger partial charge in [-0.1, -0.05) is 29.3 Å². The second kappa shape index (κ2) is 7.49. The molecule has 0 fully saturated rings. The van der Waals surface area contributed by atoms with E-state index in [1.165, 1.54) is 18.2 Å². The number of esters is 1. The lowest BCUT2D eigenvalue weighted by molar-refractivity contribution is -0.119. The highest BCUT2D eigenvalue weighted by Crippen LogP contribution is 2.19. The Bertz CT molecular complexity index is 719. The summed E-state index contributed by atoms with van der Waals surface area (Å²) in [5, 5.41) is 3.33. The van der Waals surface area contributed by atoms with Gasteiger partial charge in [0.2, 0.25) is 0 Å². The maximum atomic E-state index is 11.9. The molecular formula is C17H15Cl2NO3. The van der Waals surface area contributed by atoms with E-state index in [1.807, 2.05) is 32.0 Å². The lowest BCUT2D eigenvalue weighted by Crippen LogP contribution is -2.21. The molecular weight excluding hydrogens is 337 g/mol. The molecule has 0 aliphatic rings. The number of benzene rings is 2. The van der Waals surface area contributed by atoms with Crippen molar-refractivity contribution in [3.8, 4) is 0 Å². The van der Waals surface area contributed by atoms with Gasteiger partial charge in [-0.05, 0) is 55.3 Å². The quantitative estimate of drug-likeness (QED) is 0.830. The van der Waals surface area contributed by atoms with Gasteiger partial charge in [0.05, 0.1) is 5.56 Å². The second-order valence-corrected chi connectivity index (χ2v) is 6.03. The fourth-order valence-electron chi connectivity index (χ4n) is 2.13. The van der Waals surface area contributed by atoms with Gasteiger partial charge in [-0.25, -0.2) is 4.79 Å². The van der Waals surface area contributed by atoms with E-state index in [4.69, 9.17) is 27.9 Å². The molecule has 2 aromatic rings. The number of hydrogen-bond acceptors (Lipinski definition) is 3.